The number of aromatic nitrogens is 4. The van der Waals surface area contributed by atoms with E-state index in [0.717, 1.165) is 24.2 Å². The molecule has 2 aromatic rings. The molecule has 6 nitrogen and oxygen atoms in total. The van der Waals surface area contributed by atoms with Crippen molar-refractivity contribution in [3.05, 3.63) is 28.7 Å². The first-order valence-electron chi connectivity index (χ1n) is 5.99. The molecule has 0 aromatic carbocycles. The summed E-state index contributed by atoms with van der Waals surface area (Å²) in [7, 11) is 0. The third-order valence-electron chi connectivity index (χ3n) is 2.75. The molecule has 0 aliphatic heterocycles. The molecule has 0 aliphatic carbocycles. The van der Waals surface area contributed by atoms with Crippen LogP contribution in [0.25, 0.3) is 0 Å². The van der Waals surface area contributed by atoms with Crippen molar-refractivity contribution in [2.75, 3.05) is 5.32 Å². The summed E-state index contributed by atoms with van der Waals surface area (Å²) >= 11 is 0. The van der Waals surface area contributed by atoms with Crippen molar-refractivity contribution in [1.29, 1.82) is 0 Å². The largest absolute Gasteiger partial charge is 0.305 e. The molecular formula is C12H17N5O. The highest BCUT2D eigenvalue weighted by molar-refractivity contribution is 6.05. The van der Waals surface area contributed by atoms with E-state index in [0.29, 0.717) is 17.1 Å². The molecule has 2 aromatic heterocycles. The van der Waals surface area contributed by atoms with E-state index < -0.39 is 0 Å². The van der Waals surface area contributed by atoms with Crippen LogP contribution in [0.2, 0.25) is 0 Å². The van der Waals surface area contributed by atoms with Crippen LogP contribution in [-0.4, -0.2) is 26.3 Å². The second kappa shape index (κ2) is 5.03. The van der Waals surface area contributed by atoms with E-state index in [1.165, 1.54) is 0 Å². The fourth-order valence-corrected chi connectivity index (χ4v) is 1.89. The average Bonchev–Trinajstić information content (AvgIpc) is 2.87. The number of aryl methyl sites for hydroxylation is 3. The van der Waals surface area contributed by atoms with Crippen LogP contribution in [0.5, 0.6) is 0 Å². The van der Waals surface area contributed by atoms with Crippen molar-refractivity contribution in [3.8, 4) is 0 Å². The van der Waals surface area contributed by atoms with E-state index in [2.05, 4.69) is 32.6 Å². The molecule has 2 heterocycles. The Bertz CT molecular complexity index is 535. The molecule has 0 spiro atoms. The van der Waals surface area contributed by atoms with Gasteiger partial charge < -0.3 is 5.32 Å². The molecule has 6 heteroatoms. The molecule has 2 rings (SSSR count). The number of H-pyrrole nitrogens is 2. The zero-order chi connectivity index (χ0) is 13.1. The zero-order valence-corrected chi connectivity index (χ0v) is 10.8. The molecule has 0 unspecified atom stereocenters. The maximum Gasteiger partial charge on any atom is 0.260 e. The number of hydrogen-bond donors (Lipinski definition) is 3. The number of amides is 1. The van der Waals surface area contributed by atoms with Crippen LogP contribution in [0.15, 0.2) is 6.07 Å². The van der Waals surface area contributed by atoms with Crippen molar-refractivity contribution >= 4 is 11.7 Å². The van der Waals surface area contributed by atoms with Gasteiger partial charge in [-0.05, 0) is 20.3 Å². The standard InChI is InChI=1S/C12H17N5O/c1-4-5-9-6-10(17-16-9)13-12(18)11-7(2)14-15-8(11)3/h6H,4-5H2,1-3H3,(H,14,15)(H2,13,16,17,18). The molecule has 0 saturated heterocycles. The lowest BCUT2D eigenvalue weighted by molar-refractivity contribution is 0.102. The lowest BCUT2D eigenvalue weighted by Crippen LogP contribution is -2.13. The maximum absolute atomic E-state index is 12.1. The third-order valence-corrected chi connectivity index (χ3v) is 2.75. The highest BCUT2D eigenvalue weighted by Gasteiger charge is 2.16. The Labute approximate surface area is 105 Å². The van der Waals surface area contributed by atoms with Crippen LogP contribution in [0.3, 0.4) is 0 Å². The summed E-state index contributed by atoms with van der Waals surface area (Å²) in [4.78, 5) is 12.1. The van der Waals surface area contributed by atoms with Crippen molar-refractivity contribution in [2.24, 2.45) is 0 Å². The molecule has 0 fully saturated rings. The van der Waals surface area contributed by atoms with Gasteiger partial charge in [0.25, 0.3) is 5.91 Å². The molecule has 0 radical (unpaired) electrons. The van der Waals surface area contributed by atoms with Gasteiger partial charge in [0.2, 0.25) is 0 Å². The Balaban J connectivity index is 2.11. The molecule has 0 bridgehead atoms. The molecular weight excluding hydrogens is 230 g/mol. The van der Waals surface area contributed by atoms with Crippen molar-refractivity contribution in [3.63, 3.8) is 0 Å². The Morgan fingerprint density at radius 1 is 1.33 bits per heavy atom. The zero-order valence-electron chi connectivity index (χ0n) is 10.8. The monoisotopic (exact) mass is 247 g/mol. The summed E-state index contributed by atoms with van der Waals surface area (Å²) in [5, 5.41) is 16.5. The van der Waals surface area contributed by atoms with Crippen molar-refractivity contribution < 1.29 is 4.79 Å². The average molecular weight is 247 g/mol. The first kappa shape index (κ1) is 12.3. The predicted octanol–water partition coefficient (Wildman–Crippen LogP) is 1.95. The summed E-state index contributed by atoms with van der Waals surface area (Å²) in [6.07, 6.45) is 1.96. The maximum atomic E-state index is 12.1. The Morgan fingerprint density at radius 3 is 2.72 bits per heavy atom. The van der Waals surface area contributed by atoms with Gasteiger partial charge in [0.1, 0.15) is 0 Å². The van der Waals surface area contributed by atoms with Gasteiger partial charge in [0.15, 0.2) is 5.82 Å². The summed E-state index contributed by atoms with van der Waals surface area (Å²) in [5.74, 6) is 0.358. The predicted molar refractivity (Wildman–Crippen MR) is 68.6 cm³/mol. The minimum absolute atomic E-state index is 0.187. The summed E-state index contributed by atoms with van der Waals surface area (Å²) in [6, 6.07) is 1.85. The topological polar surface area (TPSA) is 86.5 Å². The molecule has 18 heavy (non-hydrogen) atoms. The fourth-order valence-electron chi connectivity index (χ4n) is 1.89. The van der Waals surface area contributed by atoms with Gasteiger partial charge in [0.05, 0.1) is 11.3 Å². The molecule has 1 amide bonds. The molecule has 0 saturated carbocycles. The summed E-state index contributed by atoms with van der Waals surface area (Å²) in [6.45, 7) is 5.71. The Kier molecular flexibility index (Phi) is 3.45. The molecule has 3 N–H and O–H groups in total. The number of carbonyl (C=O) groups excluding carboxylic acids is 1. The van der Waals surface area contributed by atoms with Gasteiger partial charge in [0, 0.05) is 17.5 Å². The van der Waals surface area contributed by atoms with Gasteiger partial charge in [-0.2, -0.15) is 10.2 Å². The van der Waals surface area contributed by atoms with Crippen LogP contribution in [0.1, 0.15) is 40.8 Å². The van der Waals surface area contributed by atoms with Crippen LogP contribution in [0, 0.1) is 13.8 Å². The number of aromatic amines is 2. The number of hydrogen-bond acceptors (Lipinski definition) is 3. The number of nitrogens with zero attached hydrogens (tertiary/aromatic N) is 2. The van der Waals surface area contributed by atoms with E-state index in [1.54, 1.807) is 6.92 Å². The van der Waals surface area contributed by atoms with Gasteiger partial charge in [-0.25, -0.2) is 0 Å². The first-order chi connectivity index (χ1) is 8.61. The van der Waals surface area contributed by atoms with Gasteiger partial charge >= 0.3 is 0 Å². The smallest absolute Gasteiger partial charge is 0.260 e. The van der Waals surface area contributed by atoms with Crippen LogP contribution in [0.4, 0.5) is 5.82 Å². The van der Waals surface area contributed by atoms with Gasteiger partial charge in [-0.1, -0.05) is 13.3 Å². The van der Waals surface area contributed by atoms with Crippen LogP contribution < -0.4 is 5.32 Å². The second-order valence-corrected chi connectivity index (χ2v) is 4.29. The minimum atomic E-state index is -0.187. The number of nitrogens with one attached hydrogen (secondary N) is 3. The normalized spacial score (nSPS) is 10.6. The highest BCUT2D eigenvalue weighted by atomic mass is 16.1. The first-order valence-corrected chi connectivity index (χ1v) is 5.99. The van der Waals surface area contributed by atoms with E-state index in [-0.39, 0.29) is 5.91 Å². The Hall–Kier alpha value is -2.11. The fraction of sp³-hybridized carbons (Fsp3) is 0.417. The minimum Gasteiger partial charge on any atom is -0.305 e. The van der Waals surface area contributed by atoms with Crippen LogP contribution in [-0.2, 0) is 6.42 Å². The Morgan fingerprint density at radius 2 is 2.11 bits per heavy atom. The lowest BCUT2D eigenvalue weighted by atomic mass is 10.2. The second-order valence-electron chi connectivity index (χ2n) is 4.29. The quantitative estimate of drug-likeness (QED) is 0.771. The van der Waals surface area contributed by atoms with Gasteiger partial charge in [-0.15, -0.1) is 0 Å². The molecule has 0 aliphatic rings. The number of anilines is 1. The van der Waals surface area contributed by atoms with Gasteiger partial charge in [-0.3, -0.25) is 15.0 Å². The van der Waals surface area contributed by atoms with Crippen molar-refractivity contribution in [1.82, 2.24) is 20.4 Å². The lowest BCUT2D eigenvalue weighted by Gasteiger charge is -2.01. The van der Waals surface area contributed by atoms with E-state index >= 15 is 0 Å². The summed E-state index contributed by atoms with van der Waals surface area (Å²) < 4.78 is 0. The molecule has 0 atom stereocenters. The number of rotatable bonds is 4. The number of carbonyl (C=O) groups is 1. The van der Waals surface area contributed by atoms with Crippen LogP contribution >= 0.6 is 0 Å². The highest BCUT2D eigenvalue weighted by Crippen LogP contribution is 2.13. The van der Waals surface area contributed by atoms with E-state index in [4.69, 9.17) is 0 Å². The SMILES string of the molecule is CCCc1cc(NC(=O)c2c(C)n[nH]c2C)n[nH]1. The molecule has 96 valence electrons. The van der Waals surface area contributed by atoms with E-state index in [9.17, 15) is 4.79 Å². The van der Waals surface area contributed by atoms with E-state index in [1.807, 2.05) is 13.0 Å². The summed E-state index contributed by atoms with van der Waals surface area (Å²) in [5.41, 5.74) is 3.05. The van der Waals surface area contributed by atoms with Crippen molar-refractivity contribution in [2.45, 2.75) is 33.6 Å². The third kappa shape index (κ3) is 2.42.